The smallest absolute Gasteiger partial charge is 1.00 e. The van der Waals surface area contributed by atoms with Gasteiger partial charge in [-0.2, -0.15) is 0 Å². The molecule has 0 atom stereocenters. The number of unbranched alkanes of at least 4 members (excludes halogenated alkanes) is 4. The first-order chi connectivity index (χ1) is 35.3. The molecule has 0 aliphatic carbocycles. The molecule has 446 valence electrons. The topological polar surface area (TPSA) is 52.3 Å². The molecule has 0 radical (unpaired) electrons. The van der Waals surface area contributed by atoms with E-state index in [0.29, 0.717) is 0 Å². The third-order valence-electron chi connectivity index (χ3n) is 11.3. The summed E-state index contributed by atoms with van der Waals surface area (Å²) >= 11 is 0. The van der Waals surface area contributed by atoms with Crippen LogP contribution in [-0.4, -0.2) is 35.0 Å². The van der Waals surface area contributed by atoms with Crippen LogP contribution in [0.4, 0.5) is 50.4 Å². The Morgan fingerprint density at radius 2 is 0.538 bits per heavy atom. The number of imidazole rings is 4. The van der Waals surface area contributed by atoms with Crippen LogP contribution in [0.5, 0.6) is 0 Å². The number of rotatable bonds is 20. The van der Waals surface area contributed by atoms with Crippen LogP contribution < -0.4 is 18.3 Å². The molecule has 0 saturated heterocycles. The Labute approximate surface area is 482 Å². The monoisotopic (exact) mass is 1360 g/mol. The van der Waals surface area contributed by atoms with Crippen molar-refractivity contribution in [1.82, 2.24) is 18.3 Å². The Morgan fingerprint density at radius 1 is 0.372 bits per heavy atom. The standard InChI is InChI=1S/2C25H32N4.C2H6OS.2Ag.2F6P/c2*1-3-5-16-26-20-28(24-14-9-7-12-22(24)26)18-11-19-29-21-27(17-6-4-2)23-13-8-10-15-25(23)29;1-4(2)3;;;2*1-7(2,3,4,5)6/h2*7-10,12-15H,3-6,11,16-19H2,1-2H3;1-2H3;;;;/q;;;2*+1;2*-1. The van der Waals surface area contributed by atoms with E-state index in [2.05, 4.69) is 187 Å². The molecule has 78 heavy (non-hydrogen) atoms. The van der Waals surface area contributed by atoms with Gasteiger partial charge in [-0.1, -0.05) is 150 Å². The Balaban J connectivity index is 0.000000399. The van der Waals surface area contributed by atoms with Gasteiger partial charge in [0.25, 0.3) is 0 Å². The summed E-state index contributed by atoms with van der Waals surface area (Å²) in [6, 6.07) is 34.7. The van der Waals surface area contributed by atoms with Crippen LogP contribution >= 0.6 is 15.6 Å². The average Bonchev–Trinajstić information content (AvgIpc) is 4.08. The number of fused-ring (bicyclic) bond motifs is 4. The molecule has 0 saturated carbocycles. The van der Waals surface area contributed by atoms with Crippen LogP contribution in [0.25, 0.3) is 44.1 Å². The van der Waals surface area contributed by atoms with E-state index in [1.165, 1.54) is 95.5 Å². The normalized spacial score (nSPS) is 13.3. The van der Waals surface area contributed by atoms with Crippen molar-refractivity contribution in [2.45, 2.75) is 144 Å². The largest absolute Gasteiger partial charge is 1.00 e. The number of aryl methyl sites for hydroxylation is 8. The summed E-state index contributed by atoms with van der Waals surface area (Å²) in [5.74, 6) is 0. The number of hydrogen-bond acceptors (Lipinski definition) is 1. The second kappa shape index (κ2) is 28.9. The summed E-state index contributed by atoms with van der Waals surface area (Å²) in [7, 11) is -21.9. The van der Waals surface area contributed by atoms with Gasteiger partial charge < -0.3 is 36.5 Å². The molecule has 4 aromatic carbocycles. The second-order valence-electron chi connectivity index (χ2n) is 18.3. The number of halogens is 12. The molecule has 0 unspecified atom stereocenters. The fourth-order valence-electron chi connectivity index (χ4n) is 8.10. The fourth-order valence-corrected chi connectivity index (χ4v) is 8.10. The molecule has 0 amide bonds. The van der Waals surface area contributed by atoms with Gasteiger partial charge in [0, 0.05) is 80.3 Å². The van der Waals surface area contributed by atoms with Crippen molar-refractivity contribution >= 4 is 70.6 Å². The van der Waals surface area contributed by atoms with Crippen molar-refractivity contribution in [3.63, 3.8) is 0 Å². The van der Waals surface area contributed by atoms with Gasteiger partial charge in [-0.15, -0.1) is 0 Å². The predicted molar refractivity (Wildman–Crippen MR) is 280 cm³/mol. The Morgan fingerprint density at radius 3 is 0.705 bits per heavy atom. The number of para-hydroxylation sites is 8. The molecule has 4 aromatic heterocycles. The quantitative estimate of drug-likeness (QED) is 0.0247. The molecular weight excluding hydrogens is 1290 g/mol. The minimum Gasteiger partial charge on any atom is 1.00 e. The molecule has 9 nitrogen and oxygen atoms in total. The molecule has 0 spiro atoms. The summed E-state index contributed by atoms with van der Waals surface area (Å²) in [4.78, 5) is 0. The predicted octanol–water partition coefficient (Wildman–Crippen LogP) is 15.7. The second-order valence-corrected chi connectivity index (χ2v) is 23.7. The Hall–Kier alpha value is -3.59. The van der Waals surface area contributed by atoms with E-state index in [9.17, 15) is 54.6 Å². The minimum absolute atomic E-state index is 0. The zero-order valence-corrected chi connectivity index (χ0v) is 50.0. The summed E-state index contributed by atoms with van der Waals surface area (Å²) in [6.07, 6.45) is 29.3. The van der Waals surface area contributed by atoms with Crippen molar-refractivity contribution < 1.29 is 118 Å². The van der Waals surface area contributed by atoms with E-state index >= 15 is 0 Å². The number of benzene rings is 4. The van der Waals surface area contributed by atoms with Crippen LogP contribution in [0.15, 0.2) is 97.1 Å². The van der Waals surface area contributed by atoms with E-state index < -0.39 is 26.4 Å². The van der Waals surface area contributed by atoms with Gasteiger partial charge in [-0.3, -0.25) is 4.21 Å². The zero-order valence-electron chi connectivity index (χ0n) is 44.4. The first-order valence-electron chi connectivity index (χ1n) is 25.3. The molecule has 0 aliphatic heterocycles. The molecule has 0 fully saturated rings. The van der Waals surface area contributed by atoms with Crippen LogP contribution in [0.3, 0.4) is 0 Å². The molecule has 8 aromatic rings. The Bertz CT molecular complexity index is 2730. The maximum atomic E-state index is 9.87. The van der Waals surface area contributed by atoms with Gasteiger partial charge in [-0.05, 0) is 25.7 Å². The maximum Gasteiger partial charge on any atom is 1.00 e. The SMILES string of the molecule is CCCC[n+]1[c-]n(CCCn2[c-][n+](CCCC)c3ccccc32)c2ccccc21.CCCC[n+]1[c-]n(CCCn2[c-][n+](CCCC)c3ccccc32)c2ccccc21.CS(C)=O.F[P-](F)(F)(F)(F)F.F[P-](F)(F)(F)(F)F.[Ag+].[Ag+]. The van der Waals surface area contributed by atoms with E-state index in [1.54, 1.807) is 12.5 Å². The van der Waals surface area contributed by atoms with E-state index in [1.807, 2.05) is 0 Å². The number of nitrogens with zero attached hydrogens (tertiary/aromatic N) is 8. The average molecular weight is 1360 g/mol. The van der Waals surface area contributed by atoms with Crippen LogP contribution in [0, 0.1) is 25.3 Å². The molecule has 4 heterocycles. The molecule has 0 N–H and O–H groups in total. The van der Waals surface area contributed by atoms with Crippen LogP contribution in [0.2, 0.25) is 0 Å². The number of aromatic nitrogens is 8. The van der Waals surface area contributed by atoms with Gasteiger partial charge in [0.1, 0.15) is 0 Å². The number of hydrogen-bond donors (Lipinski definition) is 0. The molecule has 26 heteroatoms. The van der Waals surface area contributed by atoms with Crippen molar-refractivity contribution in [3.05, 3.63) is 122 Å². The summed E-state index contributed by atoms with van der Waals surface area (Å²) in [6.45, 7) is 17.0. The summed E-state index contributed by atoms with van der Waals surface area (Å²) in [5.41, 5.74) is 10.3. The van der Waals surface area contributed by atoms with Crippen molar-refractivity contribution in [2.24, 2.45) is 0 Å². The molecular formula is C52H70Ag2F12N8OP2S. The van der Waals surface area contributed by atoms with Crippen LogP contribution in [0.1, 0.15) is 91.9 Å². The van der Waals surface area contributed by atoms with E-state index in [0.717, 1.165) is 65.2 Å². The van der Waals surface area contributed by atoms with Gasteiger partial charge in [0.2, 0.25) is 25.3 Å². The van der Waals surface area contributed by atoms with Crippen molar-refractivity contribution in [1.29, 1.82) is 0 Å². The van der Waals surface area contributed by atoms with Gasteiger partial charge >= 0.3 is 111 Å². The van der Waals surface area contributed by atoms with E-state index in [4.69, 9.17) is 0 Å². The summed E-state index contributed by atoms with van der Waals surface area (Å²) < 4.78 is 146. The third kappa shape index (κ3) is 27.2. The maximum absolute atomic E-state index is 10.7. The molecule has 0 bridgehead atoms. The molecule has 0 aliphatic rings. The minimum atomic E-state index is -10.7. The fraction of sp³-hybridized carbons (Fsp3) is 0.462. The first kappa shape index (κ1) is 70.5. The Kier molecular flexibility index (Phi) is 26.1. The van der Waals surface area contributed by atoms with Crippen LogP contribution in [-0.2, 0) is 108 Å². The van der Waals surface area contributed by atoms with E-state index in [-0.39, 0.29) is 44.8 Å². The van der Waals surface area contributed by atoms with Crippen molar-refractivity contribution in [3.8, 4) is 0 Å². The third-order valence-corrected chi connectivity index (χ3v) is 11.3. The van der Waals surface area contributed by atoms with Gasteiger partial charge in [-0.25, -0.2) is 0 Å². The van der Waals surface area contributed by atoms with Gasteiger partial charge in [0.15, 0.2) is 0 Å². The summed E-state index contributed by atoms with van der Waals surface area (Å²) in [5, 5.41) is 0. The van der Waals surface area contributed by atoms with Gasteiger partial charge in [0.05, 0.1) is 52.4 Å². The first-order valence-corrected chi connectivity index (χ1v) is 31.3. The zero-order chi connectivity index (χ0) is 56.5. The van der Waals surface area contributed by atoms with Crippen molar-refractivity contribution in [2.75, 3.05) is 12.5 Å². The molecule has 8 rings (SSSR count).